The molecule has 1 fully saturated rings. The van der Waals surface area contributed by atoms with E-state index in [4.69, 9.17) is 5.26 Å². The standard InChI is InChI=1S/C24H28N6O2S/c1-2-30-23(32)21(33-24(30)20(16-26)22(31)27-11-10-25)17-28-19-8-6-7-18(15-19)9-14-29-12-4-3-5-13-29/h6-8,15,17,28H,2-5,9,11-14H2,1H3,(H,27,31)/b21-17+,24-20-. The van der Waals surface area contributed by atoms with Crippen LogP contribution in [0.3, 0.4) is 0 Å². The lowest BCUT2D eigenvalue weighted by atomic mass is 10.1. The van der Waals surface area contributed by atoms with Gasteiger partial charge in [-0.1, -0.05) is 18.6 Å². The molecule has 2 heterocycles. The fourth-order valence-electron chi connectivity index (χ4n) is 3.83. The number of carbonyl (C=O) groups is 1. The zero-order valence-electron chi connectivity index (χ0n) is 18.8. The van der Waals surface area contributed by atoms with Crippen LogP contribution in [0.25, 0.3) is 11.8 Å². The lowest BCUT2D eigenvalue weighted by molar-refractivity contribution is -0.115. The third-order valence-electron chi connectivity index (χ3n) is 5.57. The highest BCUT2D eigenvalue weighted by atomic mass is 32.1. The van der Waals surface area contributed by atoms with Gasteiger partial charge in [-0.15, -0.1) is 11.3 Å². The predicted molar refractivity (Wildman–Crippen MR) is 130 cm³/mol. The molecule has 33 heavy (non-hydrogen) atoms. The van der Waals surface area contributed by atoms with Crippen molar-refractivity contribution >= 4 is 34.7 Å². The van der Waals surface area contributed by atoms with Gasteiger partial charge >= 0.3 is 0 Å². The molecule has 0 spiro atoms. The number of carbonyl (C=O) groups excluding carboxylic acids is 1. The summed E-state index contributed by atoms with van der Waals surface area (Å²) in [6.07, 6.45) is 6.47. The molecule has 3 rings (SSSR count). The van der Waals surface area contributed by atoms with Crippen LogP contribution in [0, 0.1) is 22.7 Å². The molecule has 2 N–H and O–H groups in total. The number of aromatic nitrogens is 1. The minimum absolute atomic E-state index is 0.173. The minimum Gasteiger partial charge on any atom is -0.360 e. The lowest BCUT2D eigenvalue weighted by Gasteiger charge is -2.26. The van der Waals surface area contributed by atoms with Crippen molar-refractivity contribution in [1.29, 1.82) is 10.5 Å². The molecular formula is C24H28N6O2S. The van der Waals surface area contributed by atoms with E-state index >= 15 is 0 Å². The van der Waals surface area contributed by atoms with Crippen molar-refractivity contribution in [2.45, 2.75) is 39.2 Å². The van der Waals surface area contributed by atoms with Crippen molar-refractivity contribution in [3.63, 3.8) is 0 Å². The van der Waals surface area contributed by atoms with Gasteiger partial charge in [0.25, 0.3) is 11.5 Å². The maximum absolute atomic E-state index is 12.8. The molecule has 1 amide bonds. The maximum atomic E-state index is 12.8. The van der Waals surface area contributed by atoms with Crippen LogP contribution in [-0.2, 0) is 17.8 Å². The van der Waals surface area contributed by atoms with E-state index in [-0.39, 0.29) is 22.3 Å². The van der Waals surface area contributed by atoms with Crippen LogP contribution < -0.4 is 25.4 Å². The molecule has 9 heteroatoms. The van der Waals surface area contributed by atoms with Crippen molar-refractivity contribution in [3.8, 4) is 12.1 Å². The number of thiazole rings is 1. The number of nitriles is 2. The largest absolute Gasteiger partial charge is 0.360 e. The zero-order chi connectivity index (χ0) is 23.6. The molecule has 8 nitrogen and oxygen atoms in total. The summed E-state index contributed by atoms with van der Waals surface area (Å²) in [6, 6.07) is 11.8. The van der Waals surface area contributed by atoms with Gasteiger partial charge in [-0.25, -0.2) is 0 Å². The molecule has 0 aliphatic carbocycles. The van der Waals surface area contributed by atoms with Gasteiger partial charge in [0.2, 0.25) is 0 Å². The summed E-state index contributed by atoms with van der Waals surface area (Å²) in [5, 5.41) is 23.7. The second kappa shape index (κ2) is 12.0. The molecule has 0 unspecified atom stereocenters. The Morgan fingerprint density at radius 2 is 2.03 bits per heavy atom. The monoisotopic (exact) mass is 464 g/mol. The fourth-order valence-corrected chi connectivity index (χ4v) is 4.92. The normalized spacial score (nSPS) is 15.4. The van der Waals surface area contributed by atoms with Crippen molar-refractivity contribution < 1.29 is 4.79 Å². The quantitative estimate of drug-likeness (QED) is 0.566. The molecule has 1 saturated heterocycles. The number of piperidine rings is 1. The van der Waals surface area contributed by atoms with E-state index in [9.17, 15) is 14.9 Å². The van der Waals surface area contributed by atoms with Gasteiger partial charge in [-0.3, -0.25) is 14.2 Å². The smallest absolute Gasteiger partial charge is 0.270 e. The Labute approximate surface area is 197 Å². The highest BCUT2D eigenvalue weighted by Gasteiger charge is 2.15. The maximum Gasteiger partial charge on any atom is 0.270 e. The van der Waals surface area contributed by atoms with Crippen molar-refractivity contribution in [2.24, 2.45) is 0 Å². The molecule has 1 aliphatic rings. The Morgan fingerprint density at radius 3 is 2.73 bits per heavy atom. The van der Waals surface area contributed by atoms with Crippen LogP contribution in [0.1, 0.15) is 31.7 Å². The SMILES string of the molecule is CCn1c(=O)/c(=C\Nc2cccc(CCN3CCCCC3)c2)s/c1=C(/C#N)C(=O)NCC#N. The zero-order valence-corrected chi connectivity index (χ0v) is 19.6. The fraction of sp³-hybridized carbons (Fsp3) is 0.417. The summed E-state index contributed by atoms with van der Waals surface area (Å²) >= 11 is 1.08. The molecule has 1 aliphatic heterocycles. The third kappa shape index (κ3) is 6.32. The second-order valence-corrected chi connectivity index (χ2v) is 8.82. The van der Waals surface area contributed by atoms with Crippen molar-refractivity contribution in [3.05, 3.63) is 49.4 Å². The van der Waals surface area contributed by atoms with E-state index in [0.29, 0.717) is 11.1 Å². The summed E-state index contributed by atoms with van der Waals surface area (Å²) in [6.45, 7) is 5.28. The van der Waals surface area contributed by atoms with Crippen LogP contribution >= 0.6 is 11.3 Å². The van der Waals surface area contributed by atoms with E-state index in [0.717, 1.165) is 30.0 Å². The van der Waals surface area contributed by atoms with Gasteiger partial charge in [0.15, 0.2) is 5.57 Å². The number of anilines is 1. The van der Waals surface area contributed by atoms with Gasteiger partial charge < -0.3 is 15.5 Å². The first-order valence-electron chi connectivity index (χ1n) is 11.1. The Bertz CT molecular complexity index is 1240. The number of nitrogens with zero attached hydrogens (tertiary/aromatic N) is 4. The highest BCUT2D eigenvalue weighted by molar-refractivity contribution is 7.07. The average molecular weight is 465 g/mol. The first kappa shape index (κ1) is 24.2. The van der Waals surface area contributed by atoms with E-state index in [1.165, 1.54) is 42.5 Å². The Hall–Kier alpha value is -3.40. The Balaban J connectivity index is 1.82. The van der Waals surface area contributed by atoms with E-state index < -0.39 is 5.91 Å². The molecule has 0 atom stereocenters. The number of likely N-dealkylation sites (tertiary alicyclic amines) is 1. The van der Waals surface area contributed by atoms with Crippen LogP contribution in [0.15, 0.2) is 29.1 Å². The summed E-state index contributed by atoms with van der Waals surface area (Å²) in [4.78, 5) is 27.6. The summed E-state index contributed by atoms with van der Waals surface area (Å²) in [5.74, 6) is -0.664. The average Bonchev–Trinajstić information content (AvgIpc) is 3.16. The Morgan fingerprint density at radius 1 is 1.24 bits per heavy atom. The lowest BCUT2D eigenvalue weighted by Crippen LogP contribution is -2.34. The summed E-state index contributed by atoms with van der Waals surface area (Å²) in [5.41, 5.74) is 1.66. The van der Waals surface area contributed by atoms with Crippen LogP contribution in [0.2, 0.25) is 0 Å². The number of nitrogens with one attached hydrogen (secondary N) is 2. The number of hydrogen-bond acceptors (Lipinski definition) is 7. The number of benzene rings is 1. The topological polar surface area (TPSA) is 114 Å². The van der Waals surface area contributed by atoms with Crippen LogP contribution in [0.5, 0.6) is 0 Å². The molecular weight excluding hydrogens is 436 g/mol. The number of hydrogen-bond donors (Lipinski definition) is 2. The van der Waals surface area contributed by atoms with Crippen LogP contribution in [0.4, 0.5) is 5.69 Å². The molecule has 0 radical (unpaired) electrons. The van der Waals surface area contributed by atoms with Gasteiger partial charge in [0.05, 0.1) is 6.07 Å². The first-order valence-corrected chi connectivity index (χ1v) is 12.0. The highest BCUT2D eigenvalue weighted by Crippen LogP contribution is 2.13. The minimum atomic E-state index is -0.664. The summed E-state index contributed by atoms with van der Waals surface area (Å²) < 4.78 is 2.08. The third-order valence-corrected chi connectivity index (χ3v) is 6.70. The molecule has 1 aromatic carbocycles. The van der Waals surface area contributed by atoms with Gasteiger partial charge in [-0.2, -0.15) is 10.5 Å². The predicted octanol–water partition coefficient (Wildman–Crippen LogP) is 1.12. The molecule has 172 valence electrons. The van der Waals surface area contributed by atoms with E-state index in [2.05, 4.69) is 27.7 Å². The molecule has 1 aromatic heterocycles. The molecule has 2 aromatic rings. The molecule has 0 bridgehead atoms. The second-order valence-electron chi connectivity index (χ2n) is 7.79. The van der Waals surface area contributed by atoms with Crippen molar-refractivity contribution in [1.82, 2.24) is 14.8 Å². The van der Waals surface area contributed by atoms with Crippen LogP contribution in [-0.4, -0.2) is 41.6 Å². The number of rotatable bonds is 8. The van der Waals surface area contributed by atoms with E-state index in [1.54, 1.807) is 19.2 Å². The molecule has 0 saturated carbocycles. The summed E-state index contributed by atoms with van der Waals surface area (Å²) in [7, 11) is 0. The number of amides is 1. The Kier molecular flexibility index (Phi) is 8.82. The van der Waals surface area contributed by atoms with Gasteiger partial charge in [0, 0.05) is 25.0 Å². The van der Waals surface area contributed by atoms with Gasteiger partial charge in [0.1, 0.15) is 21.8 Å². The van der Waals surface area contributed by atoms with E-state index in [1.807, 2.05) is 18.2 Å². The van der Waals surface area contributed by atoms with Crippen molar-refractivity contribution in [2.75, 3.05) is 31.5 Å². The first-order chi connectivity index (χ1) is 16.1. The van der Waals surface area contributed by atoms with Gasteiger partial charge in [-0.05, 0) is 57.0 Å².